The van der Waals surface area contributed by atoms with Crippen LogP contribution in [0.15, 0.2) is 0 Å². The van der Waals surface area contributed by atoms with Crippen molar-refractivity contribution in [2.75, 3.05) is 0 Å². The molecular weight excluding hydrogens is 542 g/mol. The molecule has 1 nitrogen and oxygen atoms in total. The maximum absolute atomic E-state index is 7.88. The maximum atomic E-state index is 7.88. The summed E-state index contributed by atoms with van der Waals surface area (Å²) in [7, 11) is 0. The molecule has 0 radical (unpaired) electrons. The second-order valence-corrected chi connectivity index (χ2v) is 36.1. The van der Waals surface area contributed by atoms with E-state index in [-0.39, 0.29) is 0 Å². The average molecular weight is 596 g/mol. The Morgan fingerprint density at radius 2 is 0.778 bits per heavy atom. The molecule has 0 aliphatic heterocycles. The Balaban J connectivity index is 5.82. The number of unbranched alkanes of at least 4 members (excludes halogenated alkanes) is 4. The van der Waals surface area contributed by atoms with Gasteiger partial charge in [-0.1, -0.05) is 0 Å². The van der Waals surface area contributed by atoms with E-state index in [0.29, 0.717) is 0 Å². The molecule has 0 rings (SSSR count). The van der Waals surface area contributed by atoms with E-state index in [1.807, 2.05) is 0 Å². The molecular formula is C24H54OSn2. The van der Waals surface area contributed by atoms with Crippen molar-refractivity contribution in [2.45, 2.75) is 133 Å². The summed E-state index contributed by atoms with van der Waals surface area (Å²) in [6.07, 6.45) is 11.1. The summed E-state index contributed by atoms with van der Waals surface area (Å²) in [5.41, 5.74) is 0. The molecule has 0 aliphatic rings. The molecule has 3 heteroatoms. The zero-order chi connectivity index (χ0) is 20.8. The van der Waals surface area contributed by atoms with Gasteiger partial charge in [0.1, 0.15) is 0 Å². The summed E-state index contributed by atoms with van der Waals surface area (Å²) in [6.45, 7) is 19.4. The van der Waals surface area contributed by atoms with Gasteiger partial charge in [0.15, 0.2) is 0 Å². The fourth-order valence-corrected chi connectivity index (χ4v) is 61.4. The number of hydrogen-bond donors (Lipinski definition) is 0. The van der Waals surface area contributed by atoms with Gasteiger partial charge >= 0.3 is 184 Å². The molecule has 0 heterocycles. The Morgan fingerprint density at radius 1 is 0.519 bits per heavy atom. The molecule has 0 saturated carbocycles. The first-order valence-corrected chi connectivity index (χ1v) is 26.9. The Morgan fingerprint density at radius 3 is 0.963 bits per heavy atom. The zero-order valence-electron chi connectivity index (χ0n) is 20.5. The van der Waals surface area contributed by atoms with Gasteiger partial charge in [0.05, 0.1) is 0 Å². The SMILES string of the molecule is CCC[CH2][Sn]([CH2]CCC)([CH2]C(C)C)[O][Sn]([CH2]CCC)([CH2]CCC)[CH2]C(C)C. The third kappa shape index (κ3) is 12.8. The van der Waals surface area contributed by atoms with Crippen LogP contribution in [0.4, 0.5) is 0 Å². The van der Waals surface area contributed by atoms with Crippen LogP contribution in [-0.4, -0.2) is 37.6 Å². The monoisotopic (exact) mass is 598 g/mol. The molecule has 0 bridgehead atoms. The summed E-state index contributed by atoms with van der Waals surface area (Å²) in [5.74, 6) is 1.66. The Kier molecular flexibility index (Phi) is 17.2. The molecule has 0 N–H and O–H groups in total. The molecule has 0 amide bonds. The third-order valence-electron chi connectivity index (χ3n) is 5.94. The summed E-state index contributed by atoms with van der Waals surface area (Å²) >= 11 is -5.06. The van der Waals surface area contributed by atoms with Gasteiger partial charge in [-0.3, -0.25) is 0 Å². The zero-order valence-corrected chi connectivity index (χ0v) is 26.2. The topological polar surface area (TPSA) is 9.23 Å². The van der Waals surface area contributed by atoms with E-state index in [0.717, 1.165) is 11.8 Å². The van der Waals surface area contributed by atoms with Crippen molar-refractivity contribution in [3.05, 3.63) is 0 Å². The van der Waals surface area contributed by atoms with Gasteiger partial charge in [-0.15, -0.1) is 0 Å². The summed E-state index contributed by atoms with van der Waals surface area (Å²) in [5, 5.41) is 0. The van der Waals surface area contributed by atoms with Crippen molar-refractivity contribution in [3.63, 3.8) is 0 Å². The van der Waals surface area contributed by atoms with Crippen LogP contribution in [0.5, 0.6) is 0 Å². The molecule has 0 saturated heterocycles. The van der Waals surface area contributed by atoms with E-state index < -0.39 is 37.6 Å². The molecule has 0 aromatic rings. The van der Waals surface area contributed by atoms with Crippen LogP contribution in [-0.2, 0) is 1.41 Å². The predicted octanol–water partition coefficient (Wildman–Crippen LogP) is 9.41. The van der Waals surface area contributed by atoms with Gasteiger partial charge in [0.2, 0.25) is 0 Å². The quantitative estimate of drug-likeness (QED) is 0.143. The predicted molar refractivity (Wildman–Crippen MR) is 131 cm³/mol. The standard InChI is InChI=1S/6C4H9.O.2Sn/c2*1-4(2)3;4*1-3-4-2;;;/h2*4H,1H2,2-3H3;4*1,3-4H2,2H3;;;. The summed E-state index contributed by atoms with van der Waals surface area (Å²) in [4.78, 5) is 0. The molecule has 0 aromatic carbocycles. The number of rotatable bonds is 18. The molecule has 0 aromatic heterocycles. The average Bonchev–Trinajstić information content (AvgIpc) is 2.60. The van der Waals surface area contributed by atoms with Gasteiger partial charge < -0.3 is 0 Å². The fraction of sp³-hybridized carbons (Fsp3) is 1.00. The van der Waals surface area contributed by atoms with Gasteiger partial charge in [-0.25, -0.2) is 0 Å². The fourth-order valence-electron chi connectivity index (χ4n) is 4.89. The minimum absolute atomic E-state index is 0.829. The van der Waals surface area contributed by atoms with Crippen LogP contribution in [0.1, 0.15) is 107 Å². The van der Waals surface area contributed by atoms with Crippen molar-refractivity contribution < 1.29 is 1.41 Å². The first kappa shape index (κ1) is 28.6. The van der Waals surface area contributed by atoms with E-state index in [2.05, 4.69) is 55.4 Å². The third-order valence-corrected chi connectivity index (χ3v) is 48.3. The molecule has 0 spiro atoms. The van der Waals surface area contributed by atoms with Crippen LogP contribution in [0.3, 0.4) is 0 Å². The van der Waals surface area contributed by atoms with Crippen molar-refractivity contribution in [1.29, 1.82) is 0 Å². The van der Waals surface area contributed by atoms with Gasteiger partial charge in [0, 0.05) is 0 Å². The summed E-state index contributed by atoms with van der Waals surface area (Å²) < 4.78 is 16.9. The second kappa shape index (κ2) is 16.3. The van der Waals surface area contributed by atoms with Crippen LogP contribution in [0.25, 0.3) is 0 Å². The Labute approximate surface area is 183 Å². The van der Waals surface area contributed by atoms with Crippen LogP contribution < -0.4 is 0 Å². The van der Waals surface area contributed by atoms with E-state index >= 15 is 0 Å². The van der Waals surface area contributed by atoms with Crippen LogP contribution >= 0.6 is 0 Å². The molecule has 0 aliphatic carbocycles. The van der Waals surface area contributed by atoms with Crippen molar-refractivity contribution in [1.82, 2.24) is 0 Å². The Bertz CT molecular complexity index is 293. The first-order chi connectivity index (χ1) is 12.8. The van der Waals surface area contributed by atoms with Crippen LogP contribution in [0, 0.1) is 11.8 Å². The van der Waals surface area contributed by atoms with E-state index in [9.17, 15) is 0 Å². The van der Waals surface area contributed by atoms with Gasteiger partial charge in [-0.05, 0) is 0 Å². The Hall–Kier alpha value is 1.56. The van der Waals surface area contributed by atoms with Crippen LogP contribution in [0.2, 0.25) is 26.6 Å². The molecule has 0 unspecified atom stereocenters. The molecule has 164 valence electrons. The summed E-state index contributed by atoms with van der Waals surface area (Å²) in [6, 6.07) is 0. The van der Waals surface area contributed by atoms with Gasteiger partial charge in [0.25, 0.3) is 0 Å². The van der Waals surface area contributed by atoms with Crippen molar-refractivity contribution in [2.24, 2.45) is 11.8 Å². The second-order valence-electron chi connectivity index (χ2n) is 10.1. The molecule has 0 atom stereocenters. The normalized spacial score (nSPS) is 13.1. The van der Waals surface area contributed by atoms with E-state index in [1.165, 1.54) is 78.0 Å². The molecule has 0 fully saturated rings. The molecule has 27 heavy (non-hydrogen) atoms. The van der Waals surface area contributed by atoms with E-state index in [1.54, 1.807) is 0 Å². The van der Waals surface area contributed by atoms with Crippen molar-refractivity contribution in [3.8, 4) is 0 Å². The van der Waals surface area contributed by atoms with E-state index in [4.69, 9.17) is 1.41 Å². The van der Waals surface area contributed by atoms with Gasteiger partial charge in [-0.2, -0.15) is 0 Å². The van der Waals surface area contributed by atoms with Crippen molar-refractivity contribution >= 4 is 37.6 Å². The first-order valence-electron chi connectivity index (χ1n) is 12.5. The number of hydrogen-bond acceptors (Lipinski definition) is 1. The minimum atomic E-state index is -2.53.